The Kier molecular flexibility index (Phi) is 8.74. The van der Waals surface area contributed by atoms with E-state index in [4.69, 9.17) is 0 Å². The van der Waals surface area contributed by atoms with E-state index in [0.29, 0.717) is 33.3 Å². The van der Waals surface area contributed by atoms with Crippen LogP contribution in [-0.2, 0) is 22.7 Å². The molecule has 0 spiro atoms. The molecule has 43 heavy (non-hydrogen) atoms. The fraction of sp³-hybridized carbons (Fsp3) is 0.333. The molecule has 0 unspecified atom stereocenters. The van der Waals surface area contributed by atoms with Gasteiger partial charge in [-0.25, -0.2) is 13.4 Å². The molecule has 1 saturated heterocycles. The van der Waals surface area contributed by atoms with Gasteiger partial charge in [0.2, 0.25) is 16.0 Å². The Morgan fingerprint density at radius 2 is 1.74 bits per heavy atom. The Bertz CT molecular complexity index is 1750. The standard InChI is InChI=1S/C27H29BrF3N9O2S/c1-38-8-10-40(11-9-38)16-17-12-18(27(29,30)31)14-19(13-17)35-26-34-15-20(28)25(37-26)36-22-5-4-21-23(33-7-6-32-21)24(22)39(2)43(3,41)42/h4-7,12-15H,8-11,16H2,1-3H3,(H2,34,35,36,37). The lowest BCUT2D eigenvalue weighted by Crippen LogP contribution is -2.43. The van der Waals surface area contributed by atoms with Crippen LogP contribution in [0.1, 0.15) is 11.1 Å². The van der Waals surface area contributed by atoms with Crippen LogP contribution in [-0.4, -0.2) is 84.7 Å². The molecule has 1 fully saturated rings. The van der Waals surface area contributed by atoms with Crippen LogP contribution in [0.4, 0.5) is 42.0 Å². The minimum absolute atomic E-state index is 0.0363. The lowest BCUT2D eigenvalue weighted by atomic mass is 10.1. The van der Waals surface area contributed by atoms with Crippen LogP contribution in [0.15, 0.2) is 53.4 Å². The van der Waals surface area contributed by atoms with Crippen molar-refractivity contribution in [1.29, 1.82) is 0 Å². The van der Waals surface area contributed by atoms with Gasteiger partial charge in [0.05, 0.1) is 27.5 Å². The zero-order chi connectivity index (χ0) is 30.9. The molecule has 11 nitrogen and oxygen atoms in total. The molecule has 4 aromatic rings. The Hall–Kier alpha value is -3.60. The van der Waals surface area contributed by atoms with Crippen molar-refractivity contribution in [3.05, 3.63) is 64.5 Å². The minimum atomic E-state index is -4.54. The lowest BCUT2D eigenvalue weighted by molar-refractivity contribution is -0.137. The number of benzene rings is 2. The average molecular weight is 681 g/mol. The fourth-order valence-electron chi connectivity index (χ4n) is 4.66. The number of hydrogen-bond donors (Lipinski definition) is 2. The molecular weight excluding hydrogens is 651 g/mol. The molecule has 228 valence electrons. The van der Waals surface area contributed by atoms with E-state index in [1.165, 1.54) is 31.7 Å². The molecule has 0 aliphatic carbocycles. The van der Waals surface area contributed by atoms with Crippen molar-refractivity contribution in [1.82, 2.24) is 29.7 Å². The topological polar surface area (TPSA) is 119 Å². The van der Waals surface area contributed by atoms with Crippen LogP contribution in [0, 0.1) is 0 Å². The van der Waals surface area contributed by atoms with Gasteiger partial charge in [-0.1, -0.05) is 0 Å². The van der Waals surface area contributed by atoms with E-state index >= 15 is 0 Å². The van der Waals surface area contributed by atoms with Gasteiger partial charge in [-0.3, -0.25) is 19.2 Å². The van der Waals surface area contributed by atoms with E-state index in [1.807, 2.05) is 7.05 Å². The van der Waals surface area contributed by atoms with Gasteiger partial charge in [0, 0.05) is 64.0 Å². The molecule has 3 heterocycles. The maximum absolute atomic E-state index is 13.8. The van der Waals surface area contributed by atoms with Crippen LogP contribution in [0.5, 0.6) is 0 Å². The first kappa shape index (κ1) is 30.8. The van der Waals surface area contributed by atoms with E-state index < -0.39 is 21.8 Å². The summed E-state index contributed by atoms with van der Waals surface area (Å²) in [5.74, 6) is 0.280. The summed E-state index contributed by atoms with van der Waals surface area (Å²) in [6, 6.07) is 7.18. The molecule has 1 aliphatic rings. The van der Waals surface area contributed by atoms with Gasteiger partial charge in [-0.15, -0.1) is 0 Å². The number of fused-ring (bicyclic) bond motifs is 1. The van der Waals surface area contributed by atoms with E-state index in [9.17, 15) is 21.6 Å². The van der Waals surface area contributed by atoms with E-state index in [-0.39, 0.29) is 23.1 Å². The van der Waals surface area contributed by atoms with Gasteiger partial charge in [0.25, 0.3) is 0 Å². The maximum Gasteiger partial charge on any atom is 0.416 e. The molecule has 5 rings (SSSR count). The van der Waals surface area contributed by atoms with Gasteiger partial charge in [0.15, 0.2) is 0 Å². The molecule has 0 radical (unpaired) electrons. The summed E-state index contributed by atoms with van der Waals surface area (Å²) in [5, 5.41) is 6.02. The van der Waals surface area contributed by atoms with Gasteiger partial charge in [-0.2, -0.15) is 18.2 Å². The average Bonchev–Trinajstić information content (AvgIpc) is 2.94. The molecule has 0 bridgehead atoms. The lowest BCUT2D eigenvalue weighted by Gasteiger charge is -2.32. The Labute approximate surface area is 255 Å². The molecule has 1 aliphatic heterocycles. The Morgan fingerprint density at radius 3 is 2.44 bits per heavy atom. The van der Waals surface area contributed by atoms with Crippen molar-refractivity contribution < 1.29 is 21.6 Å². The fourth-order valence-corrected chi connectivity index (χ4v) is 5.47. The smallest absolute Gasteiger partial charge is 0.337 e. The summed E-state index contributed by atoms with van der Waals surface area (Å²) in [6.45, 7) is 3.59. The number of hydrogen-bond acceptors (Lipinski definition) is 10. The van der Waals surface area contributed by atoms with Crippen LogP contribution in [0.2, 0.25) is 0 Å². The zero-order valence-electron chi connectivity index (χ0n) is 23.5. The quantitative estimate of drug-likeness (QED) is 0.268. The van der Waals surface area contributed by atoms with Gasteiger partial charge in [-0.05, 0) is 58.9 Å². The minimum Gasteiger partial charge on any atom is -0.337 e. The molecule has 0 atom stereocenters. The number of anilines is 5. The van der Waals surface area contributed by atoms with Crippen molar-refractivity contribution in [2.45, 2.75) is 12.7 Å². The molecule has 16 heteroatoms. The van der Waals surface area contributed by atoms with Crippen molar-refractivity contribution in [2.24, 2.45) is 0 Å². The highest BCUT2D eigenvalue weighted by atomic mass is 79.9. The molecule has 2 aromatic carbocycles. The predicted molar refractivity (Wildman–Crippen MR) is 163 cm³/mol. The van der Waals surface area contributed by atoms with E-state index in [1.54, 1.807) is 18.2 Å². The summed E-state index contributed by atoms with van der Waals surface area (Å²) >= 11 is 3.40. The highest BCUT2D eigenvalue weighted by molar-refractivity contribution is 9.10. The molecule has 0 amide bonds. The number of alkyl halides is 3. The molecule has 2 aromatic heterocycles. The molecule has 2 N–H and O–H groups in total. The maximum atomic E-state index is 13.8. The number of halogens is 4. The highest BCUT2D eigenvalue weighted by Crippen LogP contribution is 2.37. The highest BCUT2D eigenvalue weighted by Gasteiger charge is 2.31. The second-order valence-electron chi connectivity index (χ2n) is 10.3. The first-order chi connectivity index (χ1) is 20.3. The van der Waals surface area contributed by atoms with Crippen molar-refractivity contribution in [3.8, 4) is 0 Å². The normalized spacial score (nSPS) is 15.0. The second kappa shape index (κ2) is 12.2. The van der Waals surface area contributed by atoms with Crippen molar-refractivity contribution >= 4 is 65.8 Å². The Balaban J connectivity index is 1.47. The van der Waals surface area contributed by atoms with Crippen molar-refractivity contribution in [3.63, 3.8) is 0 Å². The van der Waals surface area contributed by atoms with Crippen molar-refractivity contribution in [2.75, 3.05) is 61.5 Å². The monoisotopic (exact) mass is 679 g/mol. The number of likely N-dealkylation sites (N-methyl/N-ethyl adjacent to an activating group) is 1. The van der Waals surface area contributed by atoms with E-state index in [0.717, 1.165) is 42.8 Å². The number of rotatable bonds is 8. The summed E-state index contributed by atoms with van der Waals surface area (Å²) < 4.78 is 68.0. The summed E-state index contributed by atoms with van der Waals surface area (Å²) in [4.78, 5) is 21.6. The SMILES string of the molecule is CN1CCN(Cc2cc(Nc3ncc(Br)c(Nc4ccc5nccnc5c4N(C)S(C)(=O)=O)n3)cc(C(F)(F)F)c2)CC1. The number of nitrogens with one attached hydrogen (secondary N) is 2. The summed E-state index contributed by atoms with van der Waals surface area (Å²) in [6.07, 6.45) is 0.937. The number of piperazine rings is 1. The number of nitrogens with zero attached hydrogens (tertiary/aromatic N) is 7. The zero-order valence-corrected chi connectivity index (χ0v) is 25.9. The third-order valence-corrected chi connectivity index (χ3v) is 8.76. The number of sulfonamides is 1. The van der Waals surface area contributed by atoms with Gasteiger partial charge in [0.1, 0.15) is 17.0 Å². The van der Waals surface area contributed by atoms with E-state index in [2.05, 4.69) is 56.3 Å². The first-order valence-electron chi connectivity index (χ1n) is 13.1. The largest absolute Gasteiger partial charge is 0.416 e. The molecular formula is C27H29BrF3N9O2S. The second-order valence-corrected chi connectivity index (χ2v) is 13.1. The summed E-state index contributed by atoms with van der Waals surface area (Å²) in [7, 11) is -0.264. The third-order valence-electron chi connectivity index (χ3n) is 7.00. The number of aromatic nitrogens is 4. The van der Waals surface area contributed by atoms with Gasteiger partial charge < -0.3 is 15.5 Å². The van der Waals surface area contributed by atoms with Crippen LogP contribution >= 0.6 is 15.9 Å². The van der Waals surface area contributed by atoms with Crippen LogP contribution in [0.3, 0.4) is 0 Å². The Morgan fingerprint density at radius 1 is 1.02 bits per heavy atom. The summed E-state index contributed by atoms with van der Waals surface area (Å²) in [5.41, 5.74) is 1.37. The predicted octanol–water partition coefficient (Wildman–Crippen LogP) is 4.83. The first-order valence-corrected chi connectivity index (χ1v) is 15.8. The van der Waals surface area contributed by atoms with Crippen LogP contribution < -0.4 is 14.9 Å². The molecule has 0 saturated carbocycles. The van der Waals surface area contributed by atoms with Gasteiger partial charge >= 0.3 is 6.18 Å². The third kappa shape index (κ3) is 7.31. The van der Waals surface area contributed by atoms with Crippen LogP contribution in [0.25, 0.3) is 11.0 Å².